The number of alkyl halides is 1. The van der Waals surface area contributed by atoms with E-state index < -0.39 is 35.3 Å². The molecule has 3 rings (SSSR count). The van der Waals surface area contributed by atoms with Gasteiger partial charge in [-0.3, -0.25) is 24.7 Å². The lowest BCUT2D eigenvalue weighted by molar-refractivity contribution is -0.155. The summed E-state index contributed by atoms with van der Waals surface area (Å²) in [6.07, 6.45) is 5.28. The first-order valence-corrected chi connectivity index (χ1v) is 11.0. The van der Waals surface area contributed by atoms with Gasteiger partial charge in [0.15, 0.2) is 5.70 Å². The number of rotatable bonds is 6. The Kier molecular flexibility index (Phi) is 6.64. The minimum atomic E-state index is -1.09. The summed E-state index contributed by atoms with van der Waals surface area (Å²) >= 11 is 3.33. The summed E-state index contributed by atoms with van der Waals surface area (Å²) in [5.74, 6) is -2.34. The van der Waals surface area contributed by atoms with Crippen molar-refractivity contribution < 1.29 is 23.9 Å². The number of benzene rings is 1. The van der Waals surface area contributed by atoms with Gasteiger partial charge < -0.3 is 4.74 Å². The molecule has 0 aromatic heterocycles. The van der Waals surface area contributed by atoms with Crippen molar-refractivity contribution >= 4 is 39.6 Å². The van der Waals surface area contributed by atoms with Gasteiger partial charge in [0.05, 0.1) is 11.1 Å². The van der Waals surface area contributed by atoms with Crippen LogP contribution >= 0.6 is 15.9 Å². The van der Waals surface area contributed by atoms with Crippen LogP contribution < -0.4 is 5.43 Å². The zero-order chi connectivity index (χ0) is 22.8. The van der Waals surface area contributed by atoms with Crippen LogP contribution in [0.4, 0.5) is 0 Å². The Hall–Kier alpha value is -2.94. The Morgan fingerprint density at radius 1 is 1.13 bits per heavy atom. The molecule has 31 heavy (non-hydrogen) atoms. The van der Waals surface area contributed by atoms with E-state index in [9.17, 15) is 19.2 Å². The lowest BCUT2D eigenvalue weighted by Crippen LogP contribution is -2.55. The number of nitrogens with zero attached hydrogens (tertiary/aromatic N) is 2. The first kappa shape index (κ1) is 22.7. The molecule has 0 saturated carbocycles. The summed E-state index contributed by atoms with van der Waals surface area (Å²) in [5, 5.41) is 1.62. The number of amides is 3. The Balaban J connectivity index is 1.92. The van der Waals surface area contributed by atoms with Gasteiger partial charge in [0.25, 0.3) is 17.7 Å². The average Bonchev–Trinajstić information content (AvgIpc) is 2.98. The second-order valence-corrected chi connectivity index (χ2v) is 8.88. The number of esters is 1. The number of ether oxygens (including phenoxy) is 1. The number of hydrazine groups is 1. The summed E-state index contributed by atoms with van der Waals surface area (Å²) in [6.45, 7) is 5.17. The molecule has 9 heteroatoms. The number of nitrogens with one attached hydrogen (secondary N) is 1. The monoisotopic (exact) mass is 489 g/mol. The van der Waals surface area contributed by atoms with Crippen molar-refractivity contribution in [3.05, 3.63) is 59.4 Å². The van der Waals surface area contributed by atoms with Crippen molar-refractivity contribution in [2.75, 3.05) is 5.33 Å². The van der Waals surface area contributed by atoms with Gasteiger partial charge in [0.1, 0.15) is 11.6 Å². The van der Waals surface area contributed by atoms with E-state index in [0.29, 0.717) is 11.8 Å². The van der Waals surface area contributed by atoms with Crippen LogP contribution in [0.3, 0.4) is 0 Å². The van der Waals surface area contributed by atoms with Crippen LogP contribution in [0.5, 0.6) is 0 Å². The molecule has 2 heterocycles. The van der Waals surface area contributed by atoms with Gasteiger partial charge in [0, 0.05) is 11.5 Å². The fraction of sp³-hybridized carbons (Fsp3) is 0.364. The standard InChI is InChI=1S/C22H24BrN3O5/c1-22(2,3)31-21(30)17-11-7-13-24-26(17)20(29)16(10-6-12-23)25-18(27)14-8-4-5-9-15(14)19(25)28/h4-5,7-9,11,13,16,24H,6,10,12H2,1-3H3. The van der Waals surface area contributed by atoms with Crippen LogP contribution in [0.2, 0.25) is 0 Å². The van der Waals surface area contributed by atoms with E-state index >= 15 is 0 Å². The number of hydrogen-bond donors (Lipinski definition) is 1. The van der Waals surface area contributed by atoms with Crippen molar-refractivity contribution in [2.45, 2.75) is 45.3 Å². The molecule has 0 bridgehead atoms. The van der Waals surface area contributed by atoms with Crippen molar-refractivity contribution in [1.29, 1.82) is 0 Å². The van der Waals surface area contributed by atoms with E-state index in [2.05, 4.69) is 21.4 Å². The van der Waals surface area contributed by atoms with Crippen LogP contribution in [-0.4, -0.2) is 50.6 Å². The molecule has 0 radical (unpaired) electrons. The molecule has 1 aromatic carbocycles. The first-order valence-electron chi connectivity index (χ1n) is 9.89. The van der Waals surface area contributed by atoms with Crippen LogP contribution in [0, 0.1) is 0 Å². The van der Waals surface area contributed by atoms with E-state index in [1.54, 1.807) is 51.1 Å². The van der Waals surface area contributed by atoms with Gasteiger partial charge in [-0.1, -0.05) is 28.1 Å². The second-order valence-electron chi connectivity index (χ2n) is 8.09. The fourth-order valence-electron chi connectivity index (χ4n) is 3.35. The van der Waals surface area contributed by atoms with E-state index in [1.165, 1.54) is 12.3 Å². The average molecular weight is 490 g/mol. The lowest BCUT2D eigenvalue weighted by Gasteiger charge is -2.33. The van der Waals surface area contributed by atoms with Crippen molar-refractivity contribution in [2.24, 2.45) is 0 Å². The Morgan fingerprint density at radius 2 is 1.74 bits per heavy atom. The predicted molar refractivity (Wildman–Crippen MR) is 117 cm³/mol. The van der Waals surface area contributed by atoms with Gasteiger partial charge in [-0.2, -0.15) is 0 Å². The number of imide groups is 1. The molecule has 1 unspecified atom stereocenters. The van der Waals surface area contributed by atoms with Gasteiger partial charge in [-0.05, 0) is 57.9 Å². The number of carbonyl (C=O) groups excluding carboxylic acids is 4. The highest BCUT2D eigenvalue weighted by Crippen LogP contribution is 2.28. The molecule has 2 aliphatic heterocycles. The molecule has 0 spiro atoms. The number of allylic oxidation sites excluding steroid dienone is 2. The maximum atomic E-state index is 13.5. The molecular formula is C22H24BrN3O5. The zero-order valence-electron chi connectivity index (χ0n) is 17.6. The third kappa shape index (κ3) is 4.71. The molecule has 0 aliphatic carbocycles. The molecule has 1 aromatic rings. The fourth-order valence-corrected chi connectivity index (χ4v) is 3.67. The Labute approximate surface area is 189 Å². The Morgan fingerprint density at radius 3 is 2.29 bits per heavy atom. The van der Waals surface area contributed by atoms with E-state index in [0.717, 1.165) is 9.91 Å². The summed E-state index contributed by atoms with van der Waals surface area (Å²) in [7, 11) is 0. The first-order chi connectivity index (χ1) is 14.7. The summed E-state index contributed by atoms with van der Waals surface area (Å²) < 4.78 is 5.41. The molecule has 0 saturated heterocycles. The maximum Gasteiger partial charge on any atom is 0.357 e. The van der Waals surface area contributed by atoms with Crippen molar-refractivity contribution in [1.82, 2.24) is 15.3 Å². The number of halogens is 1. The quantitative estimate of drug-likeness (QED) is 0.374. The minimum Gasteiger partial charge on any atom is -0.455 e. The lowest BCUT2D eigenvalue weighted by atomic mass is 10.1. The second kappa shape index (κ2) is 9.05. The van der Waals surface area contributed by atoms with Crippen molar-refractivity contribution in [3.63, 3.8) is 0 Å². The normalized spacial score (nSPS) is 16.6. The van der Waals surface area contributed by atoms with Crippen molar-refractivity contribution in [3.8, 4) is 0 Å². The van der Waals surface area contributed by atoms with Gasteiger partial charge in [0.2, 0.25) is 0 Å². The third-order valence-corrected chi connectivity index (χ3v) is 5.22. The zero-order valence-corrected chi connectivity index (χ0v) is 19.1. The Bertz CT molecular complexity index is 945. The predicted octanol–water partition coefficient (Wildman–Crippen LogP) is 2.91. The molecule has 1 atom stereocenters. The summed E-state index contributed by atoms with van der Waals surface area (Å²) in [6, 6.07) is 5.38. The molecule has 8 nitrogen and oxygen atoms in total. The maximum absolute atomic E-state index is 13.5. The van der Waals surface area contributed by atoms with Crippen LogP contribution in [0.15, 0.2) is 48.3 Å². The number of fused-ring (bicyclic) bond motifs is 1. The van der Waals surface area contributed by atoms with E-state index in [4.69, 9.17) is 4.74 Å². The van der Waals surface area contributed by atoms with E-state index in [-0.39, 0.29) is 23.2 Å². The third-order valence-electron chi connectivity index (χ3n) is 4.66. The molecule has 1 N–H and O–H groups in total. The largest absolute Gasteiger partial charge is 0.455 e. The van der Waals surface area contributed by atoms with Crippen LogP contribution in [0.25, 0.3) is 0 Å². The van der Waals surface area contributed by atoms with Gasteiger partial charge in [-0.25, -0.2) is 9.80 Å². The molecule has 0 fully saturated rings. The summed E-state index contributed by atoms with van der Waals surface area (Å²) in [5.41, 5.74) is 2.48. The van der Waals surface area contributed by atoms with Gasteiger partial charge >= 0.3 is 5.97 Å². The number of carbonyl (C=O) groups is 4. The van der Waals surface area contributed by atoms with Gasteiger partial charge in [-0.15, -0.1) is 0 Å². The highest BCUT2D eigenvalue weighted by molar-refractivity contribution is 9.09. The highest BCUT2D eigenvalue weighted by atomic mass is 79.9. The SMILES string of the molecule is CC(C)(C)OC(=O)C1=CC=CNN1C(=O)C(CCCBr)N1C(=O)c2ccccc2C1=O. The minimum absolute atomic E-state index is 0.0251. The smallest absolute Gasteiger partial charge is 0.357 e. The van der Waals surface area contributed by atoms with Crippen LogP contribution in [0.1, 0.15) is 54.3 Å². The summed E-state index contributed by atoms with van der Waals surface area (Å²) in [4.78, 5) is 53.2. The highest BCUT2D eigenvalue weighted by Gasteiger charge is 2.45. The van der Waals surface area contributed by atoms with E-state index in [1.807, 2.05) is 0 Å². The molecule has 3 amide bonds. The van der Waals surface area contributed by atoms with Crippen LogP contribution in [-0.2, 0) is 14.3 Å². The molecule has 2 aliphatic rings. The number of hydrogen-bond acceptors (Lipinski definition) is 6. The molecular weight excluding hydrogens is 466 g/mol. The molecule has 164 valence electrons. The topological polar surface area (TPSA) is 96.0 Å².